The van der Waals surface area contributed by atoms with E-state index in [4.69, 9.17) is 5.11 Å². The molecule has 0 atom stereocenters. The van der Waals surface area contributed by atoms with Crippen LogP contribution in [0.3, 0.4) is 0 Å². The molecule has 1 N–H and O–H groups in total. The van der Waals surface area contributed by atoms with Crippen LogP contribution >= 0.6 is 0 Å². The third-order valence-corrected chi connectivity index (χ3v) is 1.25. The Hall–Kier alpha value is 0.313. The molecule has 10 heavy (non-hydrogen) atoms. The van der Waals surface area contributed by atoms with Gasteiger partial charge in [0, 0.05) is 0 Å². The molecule has 0 aromatic rings. The van der Waals surface area contributed by atoms with Crippen LogP contribution in [0.15, 0.2) is 0 Å². The first kappa shape index (κ1) is 12.9. The van der Waals surface area contributed by atoms with Crippen LogP contribution in [0.2, 0.25) is 0 Å². The van der Waals surface area contributed by atoms with Crippen molar-refractivity contribution in [2.45, 2.75) is 13.8 Å². The van der Waals surface area contributed by atoms with Crippen LogP contribution in [0.5, 0.6) is 0 Å². The molecule has 0 saturated carbocycles. The Bertz CT molecular complexity index is 93.7. The predicted octanol–water partition coefficient (Wildman–Crippen LogP) is -0.771. The van der Waals surface area contributed by atoms with E-state index >= 15 is 0 Å². The van der Waals surface area contributed by atoms with Gasteiger partial charge >= 0.3 is 32.2 Å². The minimum absolute atomic E-state index is 0. The summed E-state index contributed by atoms with van der Waals surface area (Å²) in [5, 5.41) is 8.30. The molecular weight excluding hydrogens is 327 g/mol. The molecule has 0 aliphatic carbocycles. The second-order valence-corrected chi connectivity index (χ2v) is 1.86. The molecule has 0 radical (unpaired) electrons. The SMILES string of the molecule is CCN(CC)CC(=O)O.[BiH3]. The molecule has 0 amide bonds. The van der Waals surface area contributed by atoms with Crippen molar-refractivity contribution < 1.29 is 9.90 Å². The molecule has 0 heterocycles. The number of aliphatic carboxylic acids is 1. The Morgan fingerprint density at radius 1 is 1.40 bits per heavy atom. The van der Waals surface area contributed by atoms with E-state index in [1.165, 1.54) is 0 Å². The molecule has 0 spiro atoms. The fourth-order valence-electron chi connectivity index (χ4n) is 0.639. The topological polar surface area (TPSA) is 40.5 Å². The molecule has 0 aliphatic rings. The van der Waals surface area contributed by atoms with Gasteiger partial charge < -0.3 is 5.11 Å². The summed E-state index contributed by atoms with van der Waals surface area (Å²) >= 11 is 0. The van der Waals surface area contributed by atoms with Crippen molar-refractivity contribution in [3.8, 4) is 0 Å². The van der Waals surface area contributed by atoms with Gasteiger partial charge in [-0.2, -0.15) is 0 Å². The second-order valence-electron chi connectivity index (χ2n) is 1.86. The van der Waals surface area contributed by atoms with E-state index in [1.807, 2.05) is 18.7 Å². The Kier molecular flexibility index (Phi) is 9.60. The molecule has 0 rings (SSSR count). The first-order chi connectivity index (χ1) is 4.20. The summed E-state index contributed by atoms with van der Waals surface area (Å²) < 4.78 is 0. The summed E-state index contributed by atoms with van der Waals surface area (Å²) in [6.45, 7) is 5.68. The molecule has 0 aliphatic heterocycles. The average molecular weight is 343 g/mol. The van der Waals surface area contributed by atoms with E-state index in [9.17, 15) is 4.79 Å². The average Bonchev–Trinajstić information content (AvgIpc) is 1.82. The second kappa shape index (κ2) is 7.42. The van der Waals surface area contributed by atoms with E-state index in [0.29, 0.717) is 0 Å². The number of hydrogen-bond donors (Lipinski definition) is 1. The maximum absolute atomic E-state index is 10.1. The zero-order valence-corrected chi connectivity index (χ0v) is 12.1. The molecule has 0 aromatic carbocycles. The predicted molar refractivity (Wildman–Crippen MR) is 45.4 cm³/mol. The molecule has 4 heteroatoms. The van der Waals surface area contributed by atoms with Crippen LogP contribution in [0.1, 0.15) is 13.8 Å². The number of carboxylic acid groups (broad SMARTS) is 1. The van der Waals surface area contributed by atoms with Gasteiger partial charge in [-0.05, 0) is 13.1 Å². The van der Waals surface area contributed by atoms with Gasteiger partial charge in [-0.3, -0.25) is 9.69 Å². The third-order valence-electron chi connectivity index (χ3n) is 1.25. The van der Waals surface area contributed by atoms with E-state index in [0.717, 1.165) is 13.1 Å². The van der Waals surface area contributed by atoms with Crippen LogP contribution in [-0.2, 0) is 4.79 Å². The van der Waals surface area contributed by atoms with Gasteiger partial charge in [0.1, 0.15) is 0 Å². The summed E-state index contributed by atoms with van der Waals surface area (Å²) in [6.07, 6.45) is 0. The molecule has 0 bridgehead atoms. The van der Waals surface area contributed by atoms with Gasteiger partial charge in [0.15, 0.2) is 0 Å². The van der Waals surface area contributed by atoms with E-state index < -0.39 is 5.97 Å². The number of likely N-dealkylation sites (N-methyl/N-ethyl adjacent to an activating group) is 1. The van der Waals surface area contributed by atoms with Crippen molar-refractivity contribution in [2.24, 2.45) is 0 Å². The van der Waals surface area contributed by atoms with E-state index in [2.05, 4.69) is 0 Å². The molecule has 0 unspecified atom stereocenters. The van der Waals surface area contributed by atoms with Crippen LogP contribution < -0.4 is 0 Å². The first-order valence-corrected chi connectivity index (χ1v) is 3.14. The van der Waals surface area contributed by atoms with Gasteiger partial charge in [0.05, 0.1) is 6.54 Å². The fraction of sp³-hybridized carbons (Fsp3) is 0.833. The van der Waals surface area contributed by atoms with Crippen molar-refractivity contribution >= 4 is 32.2 Å². The zero-order chi connectivity index (χ0) is 7.28. The number of carbonyl (C=O) groups is 1. The summed E-state index contributed by atoms with van der Waals surface area (Å²) in [7, 11) is 0. The summed E-state index contributed by atoms with van der Waals surface area (Å²) in [6, 6.07) is 0. The van der Waals surface area contributed by atoms with Crippen molar-refractivity contribution in [3.05, 3.63) is 0 Å². The zero-order valence-electron chi connectivity index (χ0n) is 6.63. The number of nitrogens with zero attached hydrogens (tertiary/aromatic N) is 1. The van der Waals surface area contributed by atoms with Gasteiger partial charge in [-0.25, -0.2) is 0 Å². The Balaban J connectivity index is 0. The van der Waals surface area contributed by atoms with Gasteiger partial charge in [0.25, 0.3) is 0 Å². The Labute approximate surface area is 80.5 Å². The number of rotatable bonds is 4. The Morgan fingerprint density at radius 2 is 1.80 bits per heavy atom. The monoisotopic (exact) mass is 343 g/mol. The van der Waals surface area contributed by atoms with Crippen LogP contribution in [0, 0.1) is 0 Å². The van der Waals surface area contributed by atoms with Crippen molar-refractivity contribution in [1.82, 2.24) is 4.90 Å². The summed E-state index contributed by atoms with van der Waals surface area (Å²) in [5.74, 6) is -0.751. The third kappa shape index (κ3) is 6.43. The van der Waals surface area contributed by atoms with E-state index in [1.54, 1.807) is 0 Å². The van der Waals surface area contributed by atoms with Crippen LogP contribution in [-0.4, -0.2) is 61.8 Å². The fourth-order valence-corrected chi connectivity index (χ4v) is 0.639. The molecule has 0 fully saturated rings. The quantitative estimate of drug-likeness (QED) is 0.682. The standard InChI is InChI=1S/C6H13NO2.Bi.3H/c1-3-7(4-2)5-6(8)9;;;;/h3-5H2,1-2H3,(H,8,9);;;;. The summed E-state index contributed by atoms with van der Waals surface area (Å²) in [4.78, 5) is 11.9. The molecule has 62 valence electrons. The minimum atomic E-state index is -0.751. The van der Waals surface area contributed by atoms with Crippen LogP contribution in [0.25, 0.3) is 0 Å². The first-order valence-electron chi connectivity index (χ1n) is 3.14. The van der Waals surface area contributed by atoms with Crippen molar-refractivity contribution in [3.63, 3.8) is 0 Å². The van der Waals surface area contributed by atoms with Gasteiger partial charge in [-0.1, -0.05) is 13.8 Å². The summed E-state index contributed by atoms with van der Waals surface area (Å²) in [5.41, 5.74) is 0. The molecule has 0 aromatic heterocycles. The van der Waals surface area contributed by atoms with Crippen LogP contribution in [0.4, 0.5) is 0 Å². The number of hydrogen-bond acceptors (Lipinski definition) is 2. The number of carboxylic acids is 1. The van der Waals surface area contributed by atoms with E-state index in [-0.39, 0.29) is 32.7 Å². The maximum atomic E-state index is 10.1. The van der Waals surface area contributed by atoms with Gasteiger partial charge in [0.2, 0.25) is 0 Å². The molecular formula is C6H16BiNO2. The van der Waals surface area contributed by atoms with Crippen molar-refractivity contribution in [1.29, 1.82) is 0 Å². The Morgan fingerprint density at radius 3 is 1.90 bits per heavy atom. The van der Waals surface area contributed by atoms with Gasteiger partial charge in [-0.15, -0.1) is 0 Å². The van der Waals surface area contributed by atoms with Crippen molar-refractivity contribution in [2.75, 3.05) is 19.6 Å². The molecule has 3 nitrogen and oxygen atoms in total. The normalized spacial score (nSPS) is 9.10. The molecule has 0 saturated heterocycles.